The molecule has 176 valence electrons. The van der Waals surface area contributed by atoms with E-state index in [0.717, 1.165) is 32.0 Å². The van der Waals surface area contributed by atoms with Gasteiger partial charge in [0.05, 0.1) is 0 Å². The molecule has 3 rings (SSSR count). The van der Waals surface area contributed by atoms with Crippen molar-refractivity contribution in [1.29, 1.82) is 0 Å². The van der Waals surface area contributed by atoms with Crippen molar-refractivity contribution >= 4 is 11.9 Å². The fourth-order valence-corrected chi connectivity index (χ4v) is 3.67. The largest absolute Gasteiger partial charge is 0.490 e. The number of carboxylic acid groups (broad SMARTS) is 1. The van der Waals surface area contributed by atoms with Crippen molar-refractivity contribution in [2.24, 2.45) is 11.8 Å². The number of rotatable bonds is 7. The first-order valence-electron chi connectivity index (χ1n) is 10.5. The SMILES string of the molecule is CN(C)C(=O)COCCC1CN(CC2CCC2)Cc2cccn2C1.O=C(O)C(F)(F)F. The lowest BCUT2D eigenvalue weighted by atomic mass is 9.85. The Morgan fingerprint density at radius 3 is 2.45 bits per heavy atom. The molecular weight excluding hydrogens is 415 g/mol. The van der Waals surface area contributed by atoms with E-state index < -0.39 is 12.1 Å². The summed E-state index contributed by atoms with van der Waals surface area (Å²) in [6, 6.07) is 4.41. The van der Waals surface area contributed by atoms with Crippen LogP contribution in [0.15, 0.2) is 18.3 Å². The quantitative estimate of drug-likeness (QED) is 0.651. The number of ether oxygens (including phenoxy) is 1. The minimum Gasteiger partial charge on any atom is -0.475 e. The summed E-state index contributed by atoms with van der Waals surface area (Å²) in [6.07, 6.45) is 2.34. The molecule has 31 heavy (non-hydrogen) atoms. The Hall–Kier alpha value is -2.07. The second-order valence-electron chi connectivity index (χ2n) is 8.44. The minimum atomic E-state index is -5.08. The van der Waals surface area contributed by atoms with Gasteiger partial charge in [-0.2, -0.15) is 13.2 Å². The summed E-state index contributed by atoms with van der Waals surface area (Å²) in [4.78, 5) is 24.7. The number of alkyl halides is 3. The molecule has 1 aromatic rings. The molecule has 1 aromatic heterocycles. The van der Waals surface area contributed by atoms with E-state index in [1.165, 1.54) is 31.5 Å². The minimum absolute atomic E-state index is 0.0372. The maximum absolute atomic E-state index is 11.6. The molecule has 1 aliphatic heterocycles. The predicted octanol–water partition coefficient (Wildman–Crippen LogP) is 2.85. The molecule has 2 heterocycles. The number of amides is 1. The van der Waals surface area contributed by atoms with Crippen molar-refractivity contribution in [3.63, 3.8) is 0 Å². The summed E-state index contributed by atoms with van der Waals surface area (Å²) < 4.78 is 39.7. The van der Waals surface area contributed by atoms with Gasteiger partial charge in [0, 0.05) is 58.8 Å². The standard InChI is InChI=1S/C19H31N3O2.C2HF3O2/c1-20(2)19(23)15-24-10-8-17-12-21(11-16-5-3-6-16)14-18-7-4-9-22(18)13-17;3-2(4,5)1(6)7/h4,7,9,16-17H,3,5-6,8,10-15H2,1-2H3;(H,6,7). The molecule has 0 saturated heterocycles. The number of carboxylic acids is 1. The second kappa shape index (κ2) is 11.5. The Morgan fingerprint density at radius 1 is 1.23 bits per heavy atom. The van der Waals surface area contributed by atoms with Crippen molar-refractivity contribution < 1.29 is 32.6 Å². The van der Waals surface area contributed by atoms with Crippen LogP contribution in [-0.4, -0.2) is 77.9 Å². The highest BCUT2D eigenvalue weighted by molar-refractivity contribution is 5.76. The van der Waals surface area contributed by atoms with Crippen LogP contribution >= 0.6 is 0 Å². The predicted molar refractivity (Wildman–Crippen MR) is 108 cm³/mol. The van der Waals surface area contributed by atoms with E-state index in [-0.39, 0.29) is 12.5 Å². The van der Waals surface area contributed by atoms with Crippen LogP contribution in [0.1, 0.15) is 31.4 Å². The number of hydrogen-bond acceptors (Lipinski definition) is 4. The van der Waals surface area contributed by atoms with Gasteiger partial charge in [-0.3, -0.25) is 9.69 Å². The van der Waals surface area contributed by atoms with Gasteiger partial charge < -0.3 is 19.3 Å². The summed E-state index contributed by atoms with van der Waals surface area (Å²) in [6.45, 7) is 5.37. The monoisotopic (exact) mass is 447 g/mol. The van der Waals surface area contributed by atoms with Crippen molar-refractivity contribution in [2.75, 3.05) is 40.4 Å². The molecule has 1 atom stereocenters. The molecule has 0 radical (unpaired) electrons. The fraction of sp³-hybridized carbons (Fsp3) is 0.714. The average Bonchev–Trinajstić information content (AvgIpc) is 3.00. The van der Waals surface area contributed by atoms with Crippen LogP contribution in [0.3, 0.4) is 0 Å². The molecule has 10 heteroatoms. The van der Waals surface area contributed by atoms with E-state index in [4.69, 9.17) is 14.6 Å². The van der Waals surface area contributed by atoms with Crippen LogP contribution in [0.5, 0.6) is 0 Å². The number of carbonyl (C=O) groups is 2. The van der Waals surface area contributed by atoms with E-state index in [1.54, 1.807) is 19.0 Å². The summed E-state index contributed by atoms with van der Waals surface area (Å²) in [5, 5.41) is 7.12. The highest BCUT2D eigenvalue weighted by atomic mass is 19.4. The lowest BCUT2D eigenvalue weighted by Crippen LogP contribution is -2.35. The fourth-order valence-electron chi connectivity index (χ4n) is 3.67. The van der Waals surface area contributed by atoms with E-state index in [2.05, 4.69) is 27.8 Å². The maximum Gasteiger partial charge on any atom is 0.490 e. The van der Waals surface area contributed by atoms with Crippen LogP contribution in [0.2, 0.25) is 0 Å². The Kier molecular flexibility index (Phi) is 9.36. The Bertz CT molecular complexity index is 717. The zero-order valence-electron chi connectivity index (χ0n) is 18.1. The van der Waals surface area contributed by atoms with Gasteiger partial charge in [0.25, 0.3) is 0 Å². The van der Waals surface area contributed by atoms with E-state index in [0.29, 0.717) is 12.5 Å². The highest BCUT2D eigenvalue weighted by Crippen LogP contribution is 2.29. The first kappa shape index (κ1) is 25.2. The van der Waals surface area contributed by atoms with Crippen molar-refractivity contribution in [3.05, 3.63) is 24.0 Å². The van der Waals surface area contributed by atoms with Crippen LogP contribution < -0.4 is 0 Å². The molecule has 1 aliphatic carbocycles. The topological polar surface area (TPSA) is 75.0 Å². The molecule has 1 unspecified atom stereocenters. The lowest BCUT2D eigenvalue weighted by Gasteiger charge is -2.32. The molecule has 1 N–H and O–H groups in total. The normalized spacial score (nSPS) is 19.5. The summed E-state index contributed by atoms with van der Waals surface area (Å²) >= 11 is 0. The number of halogens is 3. The van der Waals surface area contributed by atoms with E-state index in [9.17, 15) is 18.0 Å². The number of aromatic nitrogens is 1. The average molecular weight is 447 g/mol. The molecule has 0 aromatic carbocycles. The van der Waals surface area contributed by atoms with Crippen molar-refractivity contribution in [3.8, 4) is 0 Å². The smallest absolute Gasteiger partial charge is 0.475 e. The van der Waals surface area contributed by atoms with Gasteiger partial charge in [-0.25, -0.2) is 4.79 Å². The van der Waals surface area contributed by atoms with Gasteiger partial charge in [0.1, 0.15) is 6.61 Å². The first-order valence-corrected chi connectivity index (χ1v) is 10.5. The molecule has 1 saturated carbocycles. The van der Waals surface area contributed by atoms with Gasteiger partial charge in [-0.1, -0.05) is 6.42 Å². The van der Waals surface area contributed by atoms with E-state index in [1.807, 2.05) is 0 Å². The number of likely N-dealkylation sites (N-methyl/N-ethyl adjacent to an activating group) is 1. The zero-order valence-corrected chi connectivity index (χ0v) is 18.1. The Morgan fingerprint density at radius 2 is 1.90 bits per heavy atom. The molecule has 1 fully saturated rings. The van der Waals surface area contributed by atoms with Crippen LogP contribution in [0.4, 0.5) is 13.2 Å². The number of fused-ring (bicyclic) bond motifs is 1. The summed E-state index contributed by atoms with van der Waals surface area (Å²) in [5.41, 5.74) is 1.43. The van der Waals surface area contributed by atoms with Crippen LogP contribution in [0.25, 0.3) is 0 Å². The van der Waals surface area contributed by atoms with Crippen LogP contribution in [0, 0.1) is 11.8 Å². The summed E-state index contributed by atoms with van der Waals surface area (Å²) in [7, 11) is 3.53. The van der Waals surface area contributed by atoms with Gasteiger partial charge >= 0.3 is 12.1 Å². The third kappa shape index (κ3) is 8.53. The van der Waals surface area contributed by atoms with Crippen molar-refractivity contribution in [2.45, 2.75) is 44.9 Å². The van der Waals surface area contributed by atoms with Crippen molar-refractivity contribution in [1.82, 2.24) is 14.4 Å². The third-order valence-corrected chi connectivity index (χ3v) is 5.66. The van der Waals surface area contributed by atoms with Crippen LogP contribution in [-0.2, 0) is 27.4 Å². The molecular formula is C21H32F3N3O4. The molecule has 7 nitrogen and oxygen atoms in total. The Labute approximate surface area is 180 Å². The van der Waals surface area contributed by atoms with Gasteiger partial charge in [-0.15, -0.1) is 0 Å². The molecule has 1 amide bonds. The number of aliphatic carboxylic acids is 1. The maximum atomic E-state index is 11.6. The molecule has 0 bridgehead atoms. The Balaban J connectivity index is 0.000000423. The van der Waals surface area contributed by atoms with Gasteiger partial charge in [0.2, 0.25) is 5.91 Å². The first-order chi connectivity index (χ1) is 14.6. The number of hydrogen-bond donors (Lipinski definition) is 1. The zero-order chi connectivity index (χ0) is 23.0. The highest BCUT2D eigenvalue weighted by Gasteiger charge is 2.38. The van der Waals surface area contributed by atoms with E-state index >= 15 is 0 Å². The van der Waals surface area contributed by atoms with Gasteiger partial charge in [0.15, 0.2) is 0 Å². The summed E-state index contributed by atoms with van der Waals surface area (Å²) in [5.74, 6) is -1.23. The third-order valence-electron chi connectivity index (χ3n) is 5.66. The lowest BCUT2D eigenvalue weighted by molar-refractivity contribution is -0.192. The second-order valence-corrected chi connectivity index (χ2v) is 8.44. The number of carbonyl (C=O) groups excluding carboxylic acids is 1. The van der Waals surface area contributed by atoms with Gasteiger partial charge in [-0.05, 0) is 43.2 Å². The molecule has 2 aliphatic rings. The number of nitrogens with zero attached hydrogens (tertiary/aromatic N) is 3. The molecule has 0 spiro atoms.